The van der Waals surface area contributed by atoms with Crippen LogP contribution in [0.4, 0.5) is 5.69 Å². The van der Waals surface area contributed by atoms with Gasteiger partial charge in [0.15, 0.2) is 9.84 Å². The Morgan fingerprint density at radius 2 is 1.58 bits per heavy atom. The van der Waals surface area contributed by atoms with E-state index in [1.54, 1.807) is 0 Å². The number of nitrogens with one attached hydrogen (secondary N) is 2. The first-order valence-electron chi connectivity index (χ1n) is 8.00. The highest BCUT2D eigenvalue weighted by Crippen LogP contribution is 2.12. The average Bonchev–Trinajstić information content (AvgIpc) is 2.64. The molecule has 2 rings (SSSR count). The number of likely N-dealkylation sites (N-methyl/N-ethyl adjacent to an activating group) is 1. The van der Waals surface area contributed by atoms with Crippen molar-refractivity contribution in [2.75, 3.05) is 24.2 Å². The minimum Gasteiger partial charge on any atom is -0.362 e. The van der Waals surface area contributed by atoms with Crippen LogP contribution in [0, 0.1) is 0 Å². The quantitative estimate of drug-likeness (QED) is 0.744. The topological polar surface area (TPSA) is 95.6 Å². The van der Waals surface area contributed by atoms with Gasteiger partial charge in [0.25, 0.3) is 11.8 Å². The molecule has 2 amide bonds. The maximum atomic E-state index is 12.1. The van der Waals surface area contributed by atoms with Crippen LogP contribution in [-0.4, -0.2) is 39.6 Å². The van der Waals surface area contributed by atoms with Crippen molar-refractivity contribution >= 4 is 27.3 Å². The molecule has 2 aromatic carbocycles. The molecule has 8 heteroatoms. The zero-order chi connectivity index (χ0) is 19.2. The molecular weight excluding hydrogens is 354 g/mol. The number of sulfone groups is 1. The Morgan fingerprint density at radius 1 is 0.962 bits per heavy atom. The average molecular weight is 375 g/mol. The molecule has 0 aliphatic carbocycles. The SMILES string of the molecule is CCN(CC(=O)NNC(=O)c1ccc(S(C)(=O)=O)cc1)c1ccccc1. The normalized spacial score (nSPS) is 10.8. The van der Waals surface area contributed by atoms with E-state index in [0.29, 0.717) is 6.54 Å². The summed E-state index contributed by atoms with van der Waals surface area (Å²) in [6.07, 6.45) is 1.09. The van der Waals surface area contributed by atoms with Gasteiger partial charge in [-0.15, -0.1) is 0 Å². The van der Waals surface area contributed by atoms with Crippen molar-refractivity contribution in [2.45, 2.75) is 11.8 Å². The highest BCUT2D eigenvalue weighted by Gasteiger charge is 2.13. The summed E-state index contributed by atoms with van der Waals surface area (Å²) < 4.78 is 22.8. The smallest absolute Gasteiger partial charge is 0.269 e. The second kappa shape index (κ2) is 8.48. The molecule has 2 N–H and O–H groups in total. The maximum Gasteiger partial charge on any atom is 0.269 e. The minimum atomic E-state index is -3.32. The zero-order valence-electron chi connectivity index (χ0n) is 14.6. The molecule has 0 aliphatic rings. The number of anilines is 1. The summed E-state index contributed by atoms with van der Waals surface area (Å²) in [5.41, 5.74) is 5.84. The van der Waals surface area contributed by atoms with Gasteiger partial charge in [-0.2, -0.15) is 0 Å². The number of nitrogens with zero attached hydrogens (tertiary/aromatic N) is 1. The van der Waals surface area contributed by atoms with Crippen LogP contribution in [-0.2, 0) is 14.6 Å². The molecule has 0 aromatic heterocycles. The molecule has 0 saturated carbocycles. The molecule has 7 nitrogen and oxygen atoms in total. The van der Waals surface area contributed by atoms with Gasteiger partial charge in [-0.05, 0) is 43.3 Å². The predicted octanol–water partition coefficient (Wildman–Crippen LogP) is 1.38. The van der Waals surface area contributed by atoms with Gasteiger partial charge in [0.1, 0.15) is 0 Å². The molecule has 0 fully saturated rings. The lowest BCUT2D eigenvalue weighted by Crippen LogP contribution is -2.46. The molecular formula is C18H21N3O4S. The fourth-order valence-corrected chi connectivity index (χ4v) is 2.92. The summed E-state index contributed by atoms with van der Waals surface area (Å²) in [4.78, 5) is 26.1. The Balaban J connectivity index is 1.91. The van der Waals surface area contributed by atoms with Gasteiger partial charge in [0.05, 0.1) is 11.4 Å². The number of amides is 2. The summed E-state index contributed by atoms with van der Waals surface area (Å²) in [5.74, 6) is -0.891. The lowest BCUT2D eigenvalue weighted by molar-refractivity contribution is -0.120. The van der Waals surface area contributed by atoms with Crippen molar-refractivity contribution in [3.8, 4) is 0 Å². The molecule has 0 aliphatic heterocycles. The van der Waals surface area contributed by atoms with Gasteiger partial charge >= 0.3 is 0 Å². The summed E-state index contributed by atoms with van der Waals surface area (Å²) in [6.45, 7) is 2.66. The van der Waals surface area contributed by atoms with E-state index < -0.39 is 15.7 Å². The molecule has 26 heavy (non-hydrogen) atoms. The molecule has 138 valence electrons. The lowest BCUT2D eigenvalue weighted by atomic mass is 10.2. The van der Waals surface area contributed by atoms with Crippen LogP contribution in [0.2, 0.25) is 0 Å². The first-order valence-corrected chi connectivity index (χ1v) is 9.89. The number of hydrogen-bond donors (Lipinski definition) is 2. The summed E-state index contributed by atoms with van der Waals surface area (Å²) in [5, 5.41) is 0. The zero-order valence-corrected chi connectivity index (χ0v) is 15.4. The Kier molecular flexibility index (Phi) is 6.35. The van der Waals surface area contributed by atoms with E-state index in [-0.39, 0.29) is 22.9 Å². The predicted molar refractivity (Wildman–Crippen MR) is 99.5 cm³/mol. The number of carbonyl (C=O) groups excluding carboxylic acids is 2. The summed E-state index contributed by atoms with van der Waals surface area (Å²) in [7, 11) is -3.32. The van der Waals surface area contributed by atoms with Crippen molar-refractivity contribution in [2.24, 2.45) is 0 Å². The number of hydrazine groups is 1. The Labute approximate surface area is 152 Å². The third-order valence-corrected chi connectivity index (χ3v) is 4.83. The van der Waals surface area contributed by atoms with Crippen molar-refractivity contribution in [1.82, 2.24) is 10.9 Å². The molecule has 0 unspecified atom stereocenters. The van der Waals surface area contributed by atoms with E-state index in [0.717, 1.165) is 11.9 Å². The largest absolute Gasteiger partial charge is 0.362 e. The van der Waals surface area contributed by atoms with E-state index in [9.17, 15) is 18.0 Å². The van der Waals surface area contributed by atoms with E-state index in [1.807, 2.05) is 42.2 Å². The third kappa shape index (κ3) is 5.32. The number of hydrogen-bond acceptors (Lipinski definition) is 5. The van der Waals surface area contributed by atoms with Crippen LogP contribution in [0.25, 0.3) is 0 Å². The van der Waals surface area contributed by atoms with Gasteiger partial charge in [-0.1, -0.05) is 18.2 Å². The van der Waals surface area contributed by atoms with E-state index in [1.165, 1.54) is 24.3 Å². The molecule has 0 heterocycles. The fourth-order valence-electron chi connectivity index (χ4n) is 2.29. The maximum absolute atomic E-state index is 12.1. The van der Waals surface area contributed by atoms with Gasteiger partial charge < -0.3 is 4.90 Å². The van der Waals surface area contributed by atoms with E-state index >= 15 is 0 Å². The Hall–Kier alpha value is -2.87. The molecule has 0 spiro atoms. The standard InChI is InChI=1S/C18H21N3O4S/c1-3-21(15-7-5-4-6-8-15)13-17(22)19-20-18(23)14-9-11-16(12-10-14)26(2,24)25/h4-12H,3,13H2,1-2H3,(H,19,22)(H,20,23). The van der Waals surface area contributed by atoms with Crippen molar-refractivity contribution in [1.29, 1.82) is 0 Å². The minimum absolute atomic E-state index is 0.0911. The monoisotopic (exact) mass is 375 g/mol. The van der Waals surface area contributed by atoms with Gasteiger partial charge in [0, 0.05) is 24.1 Å². The van der Waals surface area contributed by atoms with Gasteiger partial charge in [-0.3, -0.25) is 20.4 Å². The lowest BCUT2D eigenvalue weighted by Gasteiger charge is -2.22. The number of rotatable bonds is 6. The van der Waals surface area contributed by atoms with Gasteiger partial charge in [0.2, 0.25) is 0 Å². The molecule has 0 saturated heterocycles. The number of para-hydroxylation sites is 1. The van der Waals surface area contributed by atoms with Gasteiger partial charge in [-0.25, -0.2) is 8.42 Å². The Bertz CT molecular complexity index is 865. The third-order valence-electron chi connectivity index (χ3n) is 3.70. The van der Waals surface area contributed by atoms with Crippen molar-refractivity contribution in [3.63, 3.8) is 0 Å². The van der Waals surface area contributed by atoms with E-state index in [2.05, 4.69) is 10.9 Å². The van der Waals surface area contributed by atoms with Crippen LogP contribution < -0.4 is 15.8 Å². The number of benzene rings is 2. The number of carbonyl (C=O) groups is 2. The first kappa shape index (κ1) is 19.5. The second-order valence-corrected chi connectivity index (χ2v) is 7.66. The highest BCUT2D eigenvalue weighted by atomic mass is 32.2. The molecule has 0 radical (unpaired) electrons. The first-order chi connectivity index (χ1) is 12.3. The fraction of sp³-hybridized carbons (Fsp3) is 0.222. The Morgan fingerprint density at radius 3 is 2.12 bits per heavy atom. The highest BCUT2D eigenvalue weighted by molar-refractivity contribution is 7.90. The van der Waals surface area contributed by atoms with Crippen molar-refractivity contribution in [3.05, 3.63) is 60.2 Å². The summed E-state index contributed by atoms with van der Waals surface area (Å²) >= 11 is 0. The van der Waals surface area contributed by atoms with Crippen molar-refractivity contribution < 1.29 is 18.0 Å². The van der Waals surface area contributed by atoms with Crippen LogP contribution in [0.15, 0.2) is 59.5 Å². The van der Waals surface area contributed by atoms with Crippen LogP contribution in [0.1, 0.15) is 17.3 Å². The van der Waals surface area contributed by atoms with Crippen LogP contribution in [0.5, 0.6) is 0 Å². The van der Waals surface area contributed by atoms with Crippen LogP contribution >= 0.6 is 0 Å². The van der Waals surface area contributed by atoms with E-state index in [4.69, 9.17) is 0 Å². The molecule has 0 bridgehead atoms. The van der Waals surface area contributed by atoms with Crippen LogP contribution in [0.3, 0.4) is 0 Å². The summed E-state index contributed by atoms with van der Waals surface area (Å²) in [6, 6.07) is 14.9. The molecule has 0 atom stereocenters. The molecule has 2 aromatic rings. The second-order valence-electron chi connectivity index (χ2n) is 5.65.